The third-order valence-corrected chi connectivity index (χ3v) is 5.64. The second kappa shape index (κ2) is 7.51. The number of rotatable bonds is 3. The topological polar surface area (TPSA) is 36.4 Å². The summed E-state index contributed by atoms with van der Waals surface area (Å²) in [6, 6.07) is 12.5. The molecule has 6 heteroatoms. The number of hydrogen-bond donors (Lipinski definition) is 1. The summed E-state index contributed by atoms with van der Waals surface area (Å²) in [4.78, 5) is 6.86. The standard InChI is InChI=1S/C22H19BrF2N2O/c1-13-4-3-9-27(13)21-11-14(22-17(24)5-2-6-18(22)25)10-19(26-21)16-12-15(23)7-8-20(16)28/h2,5-8,10-13,28H,3-4,9H2,1H3. The molecule has 2 heterocycles. The first-order valence-electron chi connectivity index (χ1n) is 9.16. The SMILES string of the molecule is CC1CCCN1c1cc(-c2c(F)cccc2F)cc(-c2cc(Br)ccc2O)n1. The van der Waals surface area contributed by atoms with Crippen LogP contribution in [0.3, 0.4) is 0 Å². The second-order valence-electron chi connectivity index (χ2n) is 7.04. The summed E-state index contributed by atoms with van der Waals surface area (Å²) in [6.07, 6.45) is 2.08. The lowest BCUT2D eigenvalue weighted by atomic mass is 10.0. The molecule has 0 aliphatic carbocycles. The Balaban J connectivity index is 1.95. The minimum atomic E-state index is -0.629. The van der Waals surface area contributed by atoms with E-state index < -0.39 is 11.6 Å². The largest absolute Gasteiger partial charge is 0.507 e. The van der Waals surface area contributed by atoms with Crippen molar-refractivity contribution < 1.29 is 13.9 Å². The van der Waals surface area contributed by atoms with Gasteiger partial charge in [-0.3, -0.25) is 0 Å². The molecule has 1 N–H and O–H groups in total. The maximum atomic E-state index is 14.5. The fourth-order valence-electron chi connectivity index (χ4n) is 3.71. The Morgan fingerprint density at radius 1 is 1.11 bits per heavy atom. The molecule has 3 aromatic rings. The van der Waals surface area contributed by atoms with Crippen molar-refractivity contribution in [3.8, 4) is 28.1 Å². The maximum Gasteiger partial charge on any atom is 0.133 e. The van der Waals surface area contributed by atoms with Gasteiger partial charge in [-0.05, 0) is 67.8 Å². The molecule has 1 unspecified atom stereocenters. The summed E-state index contributed by atoms with van der Waals surface area (Å²) in [6.45, 7) is 2.95. The number of pyridine rings is 1. The van der Waals surface area contributed by atoms with Crippen LogP contribution in [0.2, 0.25) is 0 Å². The van der Waals surface area contributed by atoms with Crippen molar-refractivity contribution in [1.82, 2.24) is 4.98 Å². The van der Waals surface area contributed by atoms with Gasteiger partial charge >= 0.3 is 0 Å². The summed E-state index contributed by atoms with van der Waals surface area (Å²) in [5.74, 6) is -0.547. The van der Waals surface area contributed by atoms with Crippen LogP contribution >= 0.6 is 15.9 Å². The van der Waals surface area contributed by atoms with Crippen LogP contribution < -0.4 is 4.90 Å². The molecule has 0 radical (unpaired) electrons. The van der Waals surface area contributed by atoms with Gasteiger partial charge in [0, 0.05) is 22.6 Å². The minimum Gasteiger partial charge on any atom is -0.507 e. The van der Waals surface area contributed by atoms with Crippen LogP contribution in [0.1, 0.15) is 19.8 Å². The van der Waals surface area contributed by atoms with E-state index >= 15 is 0 Å². The normalized spacial score (nSPS) is 16.6. The lowest BCUT2D eigenvalue weighted by Gasteiger charge is -2.24. The number of halogens is 3. The van der Waals surface area contributed by atoms with Gasteiger partial charge < -0.3 is 10.0 Å². The van der Waals surface area contributed by atoms with Gasteiger partial charge in [0.05, 0.1) is 11.3 Å². The molecule has 28 heavy (non-hydrogen) atoms. The third kappa shape index (κ3) is 3.49. The number of phenolic OH excluding ortho intramolecular Hbond substituents is 1. The summed E-state index contributed by atoms with van der Waals surface area (Å²) < 4.78 is 29.7. The van der Waals surface area contributed by atoms with Gasteiger partial charge in [-0.15, -0.1) is 0 Å². The molecule has 0 bridgehead atoms. The molecule has 1 fully saturated rings. The van der Waals surface area contributed by atoms with Gasteiger partial charge in [0.25, 0.3) is 0 Å². The van der Waals surface area contributed by atoms with Crippen LogP contribution in [-0.2, 0) is 0 Å². The van der Waals surface area contributed by atoms with Crippen molar-refractivity contribution in [3.05, 3.63) is 64.6 Å². The fraction of sp³-hybridized carbons (Fsp3) is 0.227. The predicted octanol–water partition coefficient (Wildman–Crippen LogP) is 6.15. The smallest absolute Gasteiger partial charge is 0.133 e. The third-order valence-electron chi connectivity index (χ3n) is 5.15. The van der Waals surface area contributed by atoms with Gasteiger partial charge in [0.15, 0.2) is 0 Å². The number of aromatic nitrogens is 1. The monoisotopic (exact) mass is 444 g/mol. The van der Waals surface area contributed by atoms with Gasteiger partial charge in [0.1, 0.15) is 23.2 Å². The zero-order chi connectivity index (χ0) is 19.8. The number of aromatic hydroxyl groups is 1. The molecule has 1 aliphatic heterocycles. The van der Waals surface area contributed by atoms with Crippen LogP contribution in [0, 0.1) is 11.6 Å². The highest BCUT2D eigenvalue weighted by molar-refractivity contribution is 9.10. The predicted molar refractivity (Wildman–Crippen MR) is 110 cm³/mol. The van der Waals surface area contributed by atoms with Crippen LogP contribution in [-0.4, -0.2) is 22.7 Å². The fourth-order valence-corrected chi connectivity index (χ4v) is 4.07. The summed E-state index contributed by atoms with van der Waals surface area (Å²) in [5.41, 5.74) is 1.27. The highest BCUT2D eigenvalue weighted by atomic mass is 79.9. The van der Waals surface area contributed by atoms with E-state index in [-0.39, 0.29) is 17.4 Å². The van der Waals surface area contributed by atoms with Crippen molar-refractivity contribution in [2.45, 2.75) is 25.8 Å². The highest BCUT2D eigenvalue weighted by Gasteiger charge is 2.24. The summed E-state index contributed by atoms with van der Waals surface area (Å²) in [7, 11) is 0. The van der Waals surface area contributed by atoms with E-state index in [9.17, 15) is 13.9 Å². The molecular weight excluding hydrogens is 426 g/mol. The molecule has 2 aromatic carbocycles. The lowest BCUT2D eigenvalue weighted by molar-refractivity contribution is 0.477. The highest BCUT2D eigenvalue weighted by Crippen LogP contribution is 2.37. The Morgan fingerprint density at radius 2 is 1.86 bits per heavy atom. The van der Waals surface area contributed by atoms with Gasteiger partial charge in [0.2, 0.25) is 0 Å². The van der Waals surface area contributed by atoms with Gasteiger partial charge in [-0.2, -0.15) is 0 Å². The van der Waals surface area contributed by atoms with Crippen LogP contribution in [0.15, 0.2) is 53.0 Å². The first-order chi connectivity index (χ1) is 13.4. The number of anilines is 1. The van der Waals surface area contributed by atoms with E-state index in [1.165, 1.54) is 18.2 Å². The quantitative estimate of drug-likeness (QED) is 0.526. The van der Waals surface area contributed by atoms with E-state index in [1.54, 1.807) is 30.3 Å². The van der Waals surface area contributed by atoms with Crippen molar-refractivity contribution in [2.75, 3.05) is 11.4 Å². The van der Waals surface area contributed by atoms with Crippen LogP contribution in [0.25, 0.3) is 22.4 Å². The average Bonchev–Trinajstić information content (AvgIpc) is 3.09. The van der Waals surface area contributed by atoms with Crippen molar-refractivity contribution in [2.24, 2.45) is 0 Å². The number of hydrogen-bond acceptors (Lipinski definition) is 3. The number of benzene rings is 2. The van der Waals surface area contributed by atoms with E-state index in [0.717, 1.165) is 23.9 Å². The van der Waals surface area contributed by atoms with Crippen LogP contribution in [0.5, 0.6) is 5.75 Å². The molecular formula is C22H19BrF2N2O. The van der Waals surface area contributed by atoms with Gasteiger partial charge in [-0.1, -0.05) is 22.0 Å². The first-order valence-corrected chi connectivity index (χ1v) is 9.95. The molecule has 144 valence electrons. The molecule has 1 atom stereocenters. The number of nitrogens with zero attached hydrogens (tertiary/aromatic N) is 2. The average molecular weight is 445 g/mol. The Kier molecular flexibility index (Phi) is 5.06. The van der Waals surface area contributed by atoms with E-state index in [1.807, 2.05) is 0 Å². The number of phenols is 1. The zero-order valence-corrected chi connectivity index (χ0v) is 16.9. The van der Waals surface area contributed by atoms with E-state index in [4.69, 9.17) is 4.98 Å². The Labute approximate surface area is 170 Å². The lowest BCUT2D eigenvalue weighted by Crippen LogP contribution is -2.27. The molecule has 0 spiro atoms. The van der Waals surface area contributed by atoms with E-state index in [2.05, 4.69) is 27.8 Å². The maximum absolute atomic E-state index is 14.5. The molecule has 1 saturated heterocycles. The molecule has 0 saturated carbocycles. The van der Waals surface area contributed by atoms with Crippen molar-refractivity contribution in [3.63, 3.8) is 0 Å². The Hall–Kier alpha value is -2.47. The zero-order valence-electron chi connectivity index (χ0n) is 15.3. The molecule has 1 aliphatic rings. The van der Waals surface area contributed by atoms with Gasteiger partial charge in [-0.25, -0.2) is 13.8 Å². The van der Waals surface area contributed by atoms with Crippen LogP contribution in [0.4, 0.5) is 14.6 Å². The molecule has 0 amide bonds. The van der Waals surface area contributed by atoms with Crippen molar-refractivity contribution >= 4 is 21.7 Å². The van der Waals surface area contributed by atoms with Crippen molar-refractivity contribution in [1.29, 1.82) is 0 Å². The second-order valence-corrected chi connectivity index (χ2v) is 7.96. The summed E-state index contributed by atoms with van der Waals surface area (Å²) in [5, 5.41) is 10.3. The summed E-state index contributed by atoms with van der Waals surface area (Å²) >= 11 is 3.41. The Bertz CT molecular complexity index is 1020. The molecule has 3 nitrogen and oxygen atoms in total. The molecule has 1 aromatic heterocycles. The van der Waals surface area contributed by atoms with E-state index in [0.29, 0.717) is 22.6 Å². The minimum absolute atomic E-state index is 0.0577. The molecule has 4 rings (SSSR count). The first kappa shape index (κ1) is 18.9. The Morgan fingerprint density at radius 3 is 2.54 bits per heavy atom.